The topological polar surface area (TPSA) is 62.3 Å². The molecule has 1 unspecified atom stereocenters. The van der Waals surface area contributed by atoms with Crippen LogP contribution < -0.4 is 5.32 Å². The SMILES string of the molecule is O=C(NC1CCN(CC(F)(F)F)C1=O)c1ccncc1. The number of pyridine rings is 1. The van der Waals surface area contributed by atoms with Gasteiger partial charge in [-0.05, 0) is 18.6 Å². The quantitative estimate of drug-likeness (QED) is 0.901. The molecule has 1 atom stereocenters. The molecule has 0 aliphatic carbocycles. The molecule has 2 rings (SSSR count). The summed E-state index contributed by atoms with van der Waals surface area (Å²) in [6, 6.07) is 2.02. The molecule has 0 aromatic carbocycles. The number of halogens is 3. The molecule has 0 saturated carbocycles. The number of hydrogen-bond donors (Lipinski definition) is 1. The van der Waals surface area contributed by atoms with E-state index in [1.54, 1.807) is 0 Å². The Labute approximate surface area is 112 Å². The maximum absolute atomic E-state index is 12.2. The summed E-state index contributed by atoms with van der Waals surface area (Å²) in [5.74, 6) is -1.20. The van der Waals surface area contributed by atoms with Gasteiger partial charge in [0, 0.05) is 24.5 Å². The van der Waals surface area contributed by atoms with Crippen LogP contribution in [-0.2, 0) is 4.79 Å². The number of nitrogens with zero attached hydrogens (tertiary/aromatic N) is 2. The number of hydrogen-bond acceptors (Lipinski definition) is 3. The molecule has 20 heavy (non-hydrogen) atoms. The summed E-state index contributed by atoms with van der Waals surface area (Å²) < 4.78 is 36.7. The third kappa shape index (κ3) is 3.46. The number of carbonyl (C=O) groups excluding carboxylic acids is 2. The van der Waals surface area contributed by atoms with Crippen LogP contribution in [0.25, 0.3) is 0 Å². The summed E-state index contributed by atoms with van der Waals surface area (Å²) in [5, 5.41) is 2.44. The highest BCUT2D eigenvalue weighted by Crippen LogP contribution is 2.21. The van der Waals surface area contributed by atoms with Crippen LogP contribution in [-0.4, -0.2) is 47.0 Å². The largest absolute Gasteiger partial charge is 0.406 e. The fourth-order valence-corrected chi connectivity index (χ4v) is 1.99. The number of aromatic nitrogens is 1. The molecule has 1 fully saturated rings. The Bertz CT molecular complexity index is 504. The van der Waals surface area contributed by atoms with Crippen molar-refractivity contribution in [1.29, 1.82) is 0 Å². The molecule has 1 aromatic rings. The standard InChI is InChI=1S/C12H12F3N3O2/c13-12(14,15)7-18-6-3-9(11(18)20)17-10(19)8-1-4-16-5-2-8/h1-2,4-5,9H,3,6-7H2,(H,17,19). The second kappa shape index (κ2) is 5.48. The Hall–Kier alpha value is -2.12. The summed E-state index contributed by atoms with van der Waals surface area (Å²) >= 11 is 0. The van der Waals surface area contributed by atoms with E-state index < -0.39 is 30.6 Å². The molecular weight excluding hydrogens is 275 g/mol. The van der Waals surface area contributed by atoms with E-state index in [9.17, 15) is 22.8 Å². The molecule has 8 heteroatoms. The van der Waals surface area contributed by atoms with Crippen molar-refractivity contribution in [2.45, 2.75) is 18.6 Å². The molecular formula is C12H12F3N3O2. The van der Waals surface area contributed by atoms with Gasteiger partial charge in [-0.25, -0.2) is 0 Å². The normalized spacial score (nSPS) is 19.2. The van der Waals surface area contributed by atoms with E-state index >= 15 is 0 Å². The number of rotatable bonds is 3. The molecule has 1 aliphatic rings. The summed E-state index contributed by atoms with van der Waals surface area (Å²) in [4.78, 5) is 28.0. The summed E-state index contributed by atoms with van der Waals surface area (Å²) in [6.07, 6.45) is -1.42. The van der Waals surface area contributed by atoms with Crippen molar-refractivity contribution in [3.05, 3.63) is 30.1 Å². The fraction of sp³-hybridized carbons (Fsp3) is 0.417. The van der Waals surface area contributed by atoms with Gasteiger partial charge in [-0.15, -0.1) is 0 Å². The fourth-order valence-electron chi connectivity index (χ4n) is 1.99. The van der Waals surface area contributed by atoms with Crippen molar-refractivity contribution < 1.29 is 22.8 Å². The first-order valence-electron chi connectivity index (χ1n) is 5.93. The maximum atomic E-state index is 12.2. The smallest absolute Gasteiger partial charge is 0.340 e. The predicted molar refractivity (Wildman–Crippen MR) is 62.7 cm³/mol. The van der Waals surface area contributed by atoms with E-state index in [0.29, 0.717) is 10.5 Å². The third-order valence-corrected chi connectivity index (χ3v) is 2.92. The lowest BCUT2D eigenvalue weighted by Gasteiger charge is -2.18. The molecule has 2 heterocycles. The third-order valence-electron chi connectivity index (χ3n) is 2.92. The van der Waals surface area contributed by atoms with E-state index in [4.69, 9.17) is 0 Å². The second-order valence-electron chi connectivity index (χ2n) is 4.43. The molecule has 2 amide bonds. The summed E-state index contributed by atoms with van der Waals surface area (Å²) in [6.45, 7) is -1.30. The van der Waals surface area contributed by atoms with Crippen molar-refractivity contribution in [3.63, 3.8) is 0 Å². The zero-order valence-corrected chi connectivity index (χ0v) is 10.4. The minimum absolute atomic E-state index is 0.0143. The first-order valence-corrected chi connectivity index (χ1v) is 5.93. The van der Waals surface area contributed by atoms with Crippen LogP contribution >= 0.6 is 0 Å². The molecule has 1 N–H and O–H groups in total. The Balaban J connectivity index is 1.95. The zero-order valence-electron chi connectivity index (χ0n) is 10.4. The lowest BCUT2D eigenvalue weighted by Crippen LogP contribution is -2.43. The molecule has 0 bridgehead atoms. The van der Waals surface area contributed by atoms with Crippen LogP contribution in [0, 0.1) is 0 Å². The monoisotopic (exact) mass is 287 g/mol. The van der Waals surface area contributed by atoms with E-state index in [0.717, 1.165) is 0 Å². The number of alkyl halides is 3. The van der Waals surface area contributed by atoms with Crippen molar-refractivity contribution in [3.8, 4) is 0 Å². The van der Waals surface area contributed by atoms with Gasteiger partial charge in [-0.1, -0.05) is 0 Å². The Kier molecular flexibility index (Phi) is 3.91. The van der Waals surface area contributed by atoms with Crippen molar-refractivity contribution >= 4 is 11.8 Å². The van der Waals surface area contributed by atoms with E-state index in [-0.39, 0.29) is 13.0 Å². The number of likely N-dealkylation sites (tertiary alicyclic amines) is 1. The first kappa shape index (κ1) is 14.3. The highest BCUT2D eigenvalue weighted by molar-refractivity contribution is 5.97. The maximum Gasteiger partial charge on any atom is 0.406 e. The molecule has 1 aliphatic heterocycles. The molecule has 0 radical (unpaired) electrons. The molecule has 0 spiro atoms. The van der Waals surface area contributed by atoms with Crippen LogP contribution in [0.4, 0.5) is 13.2 Å². The van der Waals surface area contributed by atoms with E-state index in [1.807, 2.05) is 0 Å². The van der Waals surface area contributed by atoms with Crippen molar-refractivity contribution in [1.82, 2.24) is 15.2 Å². The molecule has 5 nitrogen and oxygen atoms in total. The van der Waals surface area contributed by atoms with Gasteiger partial charge in [0.25, 0.3) is 5.91 Å². The average Bonchev–Trinajstić information content (AvgIpc) is 2.71. The average molecular weight is 287 g/mol. The van der Waals surface area contributed by atoms with Crippen LogP contribution in [0.3, 0.4) is 0 Å². The second-order valence-corrected chi connectivity index (χ2v) is 4.43. The van der Waals surface area contributed by atoms with Gasteiger partial charge in [0.1, 0.15) is 12.6 Å². The molecule has 1 saturated heterocycles. The summed E-state index contributed by atoms with van der Waals surface area (Å²) in [5.41, 5.74) is 0.307. The number of amides is 2. The van der Waals surface area contributed by atoms with E-state index in [2.05, 4.69) is 10.3 Å². The van der Waals surface area contributed by atoms with Crippen molar-refractivity contribution in [2.24, 2.45) is 0 Å². The molecule has 108 valence electrons. The Morgan fingerprint density at radius 3 is 2.65 bits per heavy atom. The van der Waals surface area contributed by atoms with Gasteiger partial charge in [-0.3, -0.25) is 14.6 Å². The van der Waals surface area contributed by atoms with Gasteiger partial charge < -0.3 is 10.2 Å². The Morgan fingerprint density at radius 1 is 1.40 bits per heavy atom. The zero-order chi connectivity index (χ0) is 14.8. The minimum atomic E-state index is -4.43. The summed E-state index contributed by atoms with van der Waals surface area (Å²) in [7, 11) is 0. The predicted octanol–water partition coefficient (Wildman–Crippen LogP) is 0.975. The molecule has 1 aromatic heterocycles. The van der Waals surface area contributed by atoms with Crippen LogP contribution in [0.2, 0.25) is 0 Å². The van der Waals surface area contributed by atoms with Gasteiger partial charge in [0.15, 0.2) is 0 Å². The highest BCUT2D eigenvalue weighted by Gasteiger charge is 2.39. The van der Waals surface area contributed by atoms with Crippen LogP contribution in [0.15, 0.2) is 24.5 Å². The lowest BCUT2D eigenvalue weighted by atomic mass is 10.2. The number of nitrogens with one attached hydrogen (secondary N) is 1. The first-order chi connectivity index (χ1) is 9.37. The van der Waals surface area contributed by atoms with Crippen LogP contribution in [0.1, 0.15) is 16.8 Å². The van der Waals surface area contributed by atoms with E-state index in [1.165, 1.54) is 24.5 Å². The van der Waals surface area contributed by atoms with Gasteiger partial charge in [-0.2, -0.15) is 13.2 Å². The Morgan fingerprint density at radius 2 is 2.05 bits per heavy atom. The van der Waals surface area contributed by atoms with Gasteiger partial charge >= 0.3 is 6.18 Å². The lowest BCUT2D eigenvalue weighted by molar-refractivity contribution is -0.157. The van der Waals surface area contributed by atoms with Crippen LogP contribution in [0.5, 0.6) is 0 Å². The van der Waals surface area contributed by atoms with Crippen molar-refractivity contribution in [2.75, 3.05) is 13.1 Å². The number of carbonyl (C=O) groups is 2. The minimum Gasteiger partial charge on any atom is -0.340 e. The van der Waals surface area contributed by atoms with Gasteiger partial charge in [0.2, 0.25) is 5.91 Å². The van der Waals surface area contributed by atoms with Gasteiger partial charge in [0.05, 0.1) is 0 Å². The highest BCUT2D eigenvalue weighted by atomic mass is 19.4.